The molecule has 0 atom stereocenters. The average molecular weight is 402 g/mol. The molecule has 1 spiro atoms. The van der Waals surface area contributed by atoms with Crippen molar-refractivity contribution in [1.82, 2.24) is 14.7 Å². The first-order valence-corrected chi connectivity index (χ1v) is 10.4. The van der Waals surface area contributed by atoms with Crippen LogP contribution in [0.3, 0.4) is 0 Å². The van der Waals surface area contributed by atoms with E-state index in [2.05, 4.69) is 0 Å². The molecule has 7 heteroatoms. The van der Waals surface area contributed by atoms with Gasteiger partial charge < -0.3 is 14.5 Å². The maximum Gasteiger partial charge on any atom is 0.327 e. The van der Waals surface area contributed by atoms with E-state index in [-0.39, 0.29) is 23.8 Å². The molecule has 7 nitrogen and oxygen atoms in total. The molecule has 29 heavy (non-hydrogen) atoms. The first-order valence-electron chi connectivity index (χ1n) is 10.4. The number of hydrogen-bond acceptors (Lipinski definition) is 4. The largest absolute Gasteiger partial charge is 0.494 e. The van der Waals surface area contributed by atoms with Crippen LogP contribution in [0.1, 0.15) is 39.2 Å². The predicted octanol–water partition coefficient (Wildman–Crippen LogP) is 2.54. The van der Waals surface area contributed by atoms with Crippen LogP contribution in [0.15, 0.2) is 24.3 Å². The fourth-order valence-electron chi connectivity index (χ4n) is 4.26. The van der Waals surface area contributed by atoms with Gasteiger partial charge in [-0.25, -0.2) is 4.79 Å². The van der Waals surface area contributed by atoms with Gasteiger partial charge in [0.15, 0.2) is 0 Å². The van der Waals surface area contributed by atoms with E-state index in [4.69, 9.17) is 4.74 Å². The summed E-state index contributed by atoms with van der Waals surface area (Å²) in [6.45, 7) is 8.14. The number of carbonyl (C=O) groups is 3. The van der Waals surface area contributed by atoms with Crippen molar-refractivity contribution in [2.75, 3.05) is 33.3 Å². The van der Waals surface area contributed by atoms with Gasteiger partial charge in [-0.05, 0) is 43.4 Å². The van der Waals surface area contributed by atoms with E-state index >= 15 is 0 Å². The molecule has 2 fully saturated rings. The normalized spacial score (nSPS) is 18.9. The van der Waals surface area contributed by atoms with Crippen LogP contribution in [0.25, 0.3) is 0 Å². The number of piperidine rings is 1. The zero-order chi connectivity index (χ0) is 21.2. The van der Waals surface area contributed by atoms with Crippen molar-refractivity contribution >= 4 is 17.8 Å². The van der Waals surface area contributed by atoms with Crippen LogP contribution in [-0.2, 0) is 16.0 Å². The van der Waals surface area contributed by atoms with Crippen LogP contribution in [0.4, 0.5) is 4.79 Å². The van der Waals surface area contributed by atoms with Crippen LogP contribution in [0, 0.1) is 5.92 Å². The molecule has 0 saturated carbocycles. The summed E-state index contributed by atoms with van der Waals surface area (Å²) in [5, 5.41) is 0. The molecule has 4 amide bonds. The van der Waals surface area contributed by atoms with Crippen molar-refractivity contribution < 1.29 is 19.1 Å². The molecule has 3 rings (SSSR count). The molecular formula is C22H31N3O4. The fraction of sp³-hybridized carbons (Fsp3) is 0.591. The summed E-state index contributed by atoms with van der Waals surface area (Å²) < 4.78 is 5.44. The molecule has 1 aromatic rings. The van der Waals surface area contributed by atoms with Gasteiger partial charge in [0.05, 0.1) is 13.0 Å². The summed E-state index contributed by atoms with van der Waals surface area (Å²) in [7, 11) is 1.55. The average Bonchev–Trinajstić information content (AvgIpc) is 2.86. The lowest BCUT2D eigenvalue weighted by molar-refractivity contribution is -0.140. The number of likely N-dealkylation sites (tertiary alicyclic amines) is 1. The van der Waals surface area contributed by atoms with Gasteiger partial charge in [-0.3, -0.25) is 14.5 Å². The van der Waals surface area contributed by atoms with E-state index in [1.54, 1.807) is 11.9 Å². The van der Waals surface area contributed by atoms with Gasteiger partial charge in [-0.2, -0.15) is 0 Å². The zero-order valence-electron chi connectivity index (χ0n) is 17.8. The zero-order valence-corrected chi connectivity index (χ0v) is 17.8. The number of amides is 4. The van der Waals surface area contributed by atoms with E-state index in [1.807, 2.05) is 49.9 Å². The second-order valence-electron chi connectivity index (χ2n) is 8.32. The van der Waals surface area contributed by atoms with Crippen molar-refractivity contribution in [3.05, 3.63) is 29.8 Å². The summed E-state index contributed by atoms with van der Waals surface area (Å²) in [6, 6.07) is 7.34. The summed E-state index contributed by atoms with van der Waals surface area (Å²) in [6.07, 6.45) is 1.30. The van der Waals surface area contributed by atoms with E-state index in [0.29, 0.717) is 45.5 Å². The quantitative estimate of drug-likeness (QED) is 0.687. The second kappa shape index (κ2) is 8.43. The number of ether oxygens (including phenoxy) is 1. The van der Waals surface area contributed by atoms with Crippen LogP contribution in [0.5, 0.6) is 5.75 Å². The molecule has 0 aromatic heterocycles. The molecule has 0 unspecified atom stereocenters. The molecule has 0 bridgehead atoms. The smallest absolute Gasteiger partial charge is 0.327 e. The number of carbonyl (C=O) groups excluding carboxylic acids is 3. The Labute approximate surface area is 172 Å². The van der Waals surface area contributed by atoms with Gasteiger partial charge in [0.25, 0.3) is 5.91 Å². The van der Waals surface area contributed by atoms with E-state index in [0.717, 1.165) is 11.3 Å². The van der Waals surface area contributed by atoms with Crippen molar-refractivity contribution in [3.63, 3.8) is 0 Å². The second-order valence-corrected chi connectivity index (χ2v) is 8.32. The van der Waals surface area contributed by atoms with Gasteiger partial charge in [0.1, 0.15) is 11.3 Å². The van der Waals surface area contributed by atoms with E-state index in [9.17, 15) is 14.4 Å². The monoisotopic (exact) mass is 401 g/mol. The highest BCUT2D eigenvalue weighted by Gasteiger charge is 2.57. The number of urea groups is 1. The van der Waals surface area contributed by atoms with Crippen LogP contribution in [0.2, 0.25) is 0 Å². The summed E-state index contributed by atoms with van der Waals surface area (Å²) in [5.41, 5.74) is 0.137. The van der Waals surface area contributed by atoms with Gasteiger partial charge in [-0.1, -0.05) is 26.0 Å². The number of imide groups is 1. The molecule has 2 saturated heterocycles. The van der Waals surface area contributed by atoms with Crippen molar-refractivity contribution in [2.24, 2.45) is 5.92 Å². The molecule has 2 aliphatic heterocycles. The van der Waals surface area contributed by atoms with Crippen molar-refractivity contribution in [1.29, 1.82) is 0 Å². The number of rotatable bonds is 6. The minimum Gasteiger partial charge on any atom is -0.494 e. The Morgan fingerprint density at radius 1 is 1.14 bits per heavy atom. The van der Waals surface area contributed by atoms with Gasteiger partial charge in [-0.15, -0.1) is 0 Å². The first kappa shape index (κ1) is 21.1. The van der Waals surface area contributed by atoms with Crippen LogP contribution in [-0.4, -0.2) is 71.4 Å². The summed E-state index contributed by atoms with van der Waals surface area (Å²) in [5.74, 6) is 0.975. The molecule has 0 aliphatic carbocycles. The lowest BCUT2D eigenvalue weighted by Crippen LogP contribution is -2.58. The van der Waals surface area contributed by atoms with Gasteiger partial charge in [0.2, 0.25) is 5.91 Å². The standard InChI is InChI=1S/C22H31N3O4/c1-5-29-18-8-6-17(7-9-18)14-19(26)24-12-10-22(11-13-24)20(27)23(4)21(28)25(22)15-16(2)3/h6-9,16H,5,10-15H2,1-4H3. The molecule has 0 N–H and O–H groups in total. The number of benzene rings is 1. The Balaban J connectivity index is 1.64. The first-order chi connectivity index (χ1) is 13.8. The Kier molecular flexibility index (Phi) is 6.15. The third kappa shape index (κ3) is 4.09. The highest BCUT2D eigenvalue weighted by molar-refractivity contribution is 6.07. The topological polar surface area (TPSA) is 70.2 Å². The third-order valence-electron chi connectivity index (χ3n) is 5.82. The minimum atomic E-state index is -0.800. The Morgan fingerprint density at radius 2 is 1.76 bits per heavy atom. The predicted molar refractivity (Wildman–Crippen MR) is 110 cm³/mol. The summed E-state index contributed by atoms with van der Waals surface area (Å²) in [4.78, 5) is 43.0. The summed E-state index contributed by atoms with van der Waals surface area (Å²) >= 11 is 0. The van der Waals surface area contributed by atoms with Gasteiger partial charge >= 0.3 is 6.03 Å². The minimum absolute atomic E-state index is 0.0459. The van der Waals surface area contributed by atoms with Crippen molar-refractivity contribution in [2.45, 2.75) is 45.6 Å². The number of nitrogens with zero attached hydrogens (tertiary/aromatic N) is 3. The molecule has 2 aliphatic rings. The van der Waals surface area contributed by atoms with E-state index < -0.39 is 5.54 Å². The molecule has 2 heterocycles. The maximum atomic E-state index is 12.9. The fourth-order valence-corrected chi connectivity index (χ4v) is 4.26. The lowest BCUT2D eigenvalue weighted by atomic mass is 9.85. The van der Waals surface area contributed by atoms with E-state index in [1.165, 1.54) is 4.90 Å². The SMILES string of the molecule is CCOc1ccc(CC(=O)N2CCC3(CC2)C(=O)N(C)C(=O)N3CC(C)C)cc1. The highest BCUT2D eigenvalue weighted by atomic mass is 16.5. The van der Waals surface area contributed by atoms with Crippen molar-refractivity contribution in [3.8, 4) is 5.75 Å². The maximum absolute atomic E-state index is 12.9. The molecule has 0 radical (unpaired) electrons. The number of hydrogen-bond donors (Lipinski definition) is 0. The Bertz CT molecular complexity index is 767. The Hall–Kier alpha value is -2.57. The Morgan fingerprint density at radius 3 is 2.31 bits per heavy atom. The third-order valence-corrected chi connectivity index (χ3v) is 5.82. The van der Waals surface area contributed by atoms with Crippen LogP contribution >= 0.6 is 0 Å². The molecule has 1 aromatic carbocycles. The molecular weight excluding hydrogens is 370 g/mol. The van der Waals surface area contributed by atoms with Gasteiger partial charge in [0, 0.05) is 26.7 Å². The van der Waals surface area contributed by atoms with Crippen LogP contribution < -0.4 is 4.74 Å². The molecule has 158 valence electrons. The lowest BCUT2D eigenvalue weighted by Gasteiger charge is -2.42. The number of likely N-dealkylation sites (N-methyl/N-ethyl adjacent to an activating group) is 1. The highest BCUT2D eigenvalue weighted by Crippen LogP contribution is 2.37.